The first-order valence-corrected chi connectivity index (χ1v) is 5.99. The summed E-state index contributed by atoms with van der Waals surface area (Å²) >= 11 is 5.86. The zero-order chi connectivity index (χ0) is 12.3. The summed E-state index contributed by atoms with van der Waals surface area (Å²) in [6, 6.07) is 0. The largest absolute Gasteiger partial charge is 0.371 e. The minimum absolute atomic E-state index is 0.375. The molecule has 0 saturated carbocycles. The van der Waals surface area contributed by atoms with Crippen molar-refractivity contribution in [2.24, 2.45) is 5.92 Å². The Morgan fingerprint density at radius 2 is 2.00 bits per heavy atom. The number of hydrogen-bond acceptors (Lipinski definition) is 3. The second-order valence-corrected chi connectivity index (χ2v) is 5.06. The van der Waals surface area contributed by atoms with Crippen molar-refractivity contribution >= 4 is 11.6 Å². The molecule has 0 N–H and O–H groups in total. The maximum Gasteiger partial charge on any atom is 0.164 e. The van der Waals surface area contributed by atoms with E-state index in [9.17, 15) is 0 Å². The van der Waals surface area contributed by atoms with Crippen LogP contribution in [0.1, 0.15) is 39.3 Å². The third-order valence-electron chi connectivity index (χ3n) is 2.54. The van der Waals surface area contributed by atoms with Crippen LogP contribution in [-0.4, -0.2) is 21.9 Å². The van der Waals surface area contributed by atoms with Gasteiger partial charge in [-0.2, -0.15) is 0 Å². The van der Waals surface area contributed by atoms with Crippen LogP contribution in [0.4, 0.5) is 0 Å². The second-order valence-electron chi connectivity index (χ2n) is 4.79. The summed E-state index contributed by atoms with van der Waals surface area (Å²) in [6.45, 7) is 9.12. The van der Waals surface area contributed by atoms with E-state index in [2.05, 4.69) is 28.6 Å². The summed E-state index contributed by atoms with van der Waals surface area (Å²) in [5, 5.41) is 8.29. The molecule has 1 rings (SSSR count). The Labute approximate surface area is 102 Å². The maximum absolute atomic E-state index is 5.86. The number of methoxy groups -OCH3 is 1. The van der Waals surface area contributed by atoms with E-state index >= 15 is 0 Å². The summed E-state index contributed by atoms with van der Waals surface area (Å²) in [5.41, 5.74) is -0.438. The van der Waals surface area contributed by atoms with E-state index < -0.39 is 5.60 Å². The molecular weight excluding hydrogens is 226 g/mol. The van der Waals surface area contributed by atoms with Gasteiger partial charge in [0.1, 0.15) is 11.4 Å². The molecule has 1 aromatic rings. The minimum Gasteiger partial charge on any atom is -0.371 e. The monoisotopic (exact) mass is 245 g/mol. The van der Waals surface area contributed by atoms with E-state index in [-0.39, 0.29) is 0 Å². The summed E-state index contributed by atoms with van der Waals surface area (Å²) < 4.78 is 7.49. The predicted molar refractivity (Wildman–Crippen MR) is 64.5 cm³/mol. The van der Waals surface area contributed by atoms with E-state index in [1.165, 1.54) is 0 Å². The van der Waals surface area contributed by atoms with Crippen LogP contribution in [-0.2, 0) is 22.8 Å². The summed E-state index contributed by atoms with van der Waals surface area (Å²) in [5.74, 6) is 2.53. The molecule has 0 radical (unpaired) electrons. The molecule has 0 bridgehead atoms. The molecular formula is C11H20ClN3O. The number of aromatic nitrogens is 3. The number of halogens is 1. The third kappa shape index (κ3) is 2.74. The molecule has 0 aromatic carbocycles. The molecule has 1 heterocycles. The molecule has 0 unspecified atom stereocenters. The van der Waals surface area contributed by atoms with Gasteiger partial charge >= 0.3 is 0 Å². The van der Waals surface area contributed by atoms with Crippen LogP contribution in [0.2, 0.25) is 0 Å². The fourth-order valence-electron chi connectivity index (χ4n) is 1.53. The summed E-state index contributed by atoms with van der Waals surface area (Å²) in [6.07, 6.45) is 0. The lowest BCUT2D eigenvalue weighted by Gasteiger charge is -2.23. The summed E-state index contributed by atoms with van der Waals surface area (Å²) in [4.78, 5) is 0. The first-order chi connectivity index (χ1) is 7.42. The highest BCUT2D eigenvalue weighted by Gasteiger charge is 2.28. The van der Waals surface area contributed by atoms with Crippen LogP contribution in [0, 0.1) is 5.92 Å². The molecule has 0 spiro atoms. The Hall–Kier alpha value is -0.610. The molecule has 92 valence electrons. The van der Waals surface area contributed by atoms with Gasteiger partial charge in [-0.25, -0.2) is 0 Å². The van der Waals surface area contributed by atoms with Crippen molar-refractivity contribution in [2.75, 3.05) is 7.11 Å². The van der Waals surface area contributed by atoms with E-state index in [1.807, 2.05) is 13.8 Å². The number of alkyl halides is 1. The van der Waals surface area contributed by atoms with Gasteiger partial charge in [-0.05, 0) is 19.8 Å². The Balaban J connectivity index is 3.14. The second kappa shape index (κ2) is 5.15. The Kier molecular flexibility index (Phi) is 4.33. The molecule has 0 aliphatic heterocycles. The van der Waals surface area contributed by atoms with Crippen molar-refractivity contribution in [2.45, 2.75) is 45.7 Å². The highest BCUT2D eigenvalue weighted by atomic mass is 35.5. The van der Waals surface area contributed by atoms with Gasteiger partial charge in [0.05, 0.1) is 5.88 Å². The Morgan fingerprint density at radius 3 is 2.44 bits per heavy atom. The van der Waals surface area contributed by atoms with Crippen LogP contribution < -0.4 is 0 Å². The molecule has 0 saturated heterocycles. The lowest BCUT2D eigenvalue weighted by molar-refractivity contribution is 0.00768. The number of hydrogen-bond donors (Lipinski definition) is 0. The molecule has 4 nitrogen and oxygen atoms in total. The van der Waals surface area contributed by atoms with Gasteiger partial charge in [0.2, 0.25) is 0 Å². The van der Waals surface area contributed by atoms with Crippen molar-refractivity contribution in [3.8, 4) is 0 Å². The van der Waals surface area contributed by atoms with Crippen LogP contribution >= 0.6 is 11.6 Å². The van der Waals surface area contributed by atoms with E-state index in [4.69, 9.17) is 16.3 Å². The van der Waals surface area contributed by atoms with Crippen molar-refractivity contribution in [1.82, 2.24) is 14.8 Å². The van der Waals surface area contributed by atoms with Crippen molar-refractivity contribution < 1.29 is 4.74 Å². The fraction of sp³-hybridized carbons (Fsp3) is 0.818. The van der Waals surface area contributed by atoms with Gasteiger partial charge in [0.15, 0.2) is 5.82 Å². The van der Waals surface area contributed by atoms with Gasteiger partial charge < -0.3 is 9.30 Å². The summed E-state index contributed by atoms with van der Waals surface area (Å²) in [7, 11) is 1.68. The number of ether oxygens (including phenoxy) is 1. The van der Waals surface area contributed by atoms with Crippen LogP contribution in [0.25, 0.3) is 0 Å². The molecule has 0 atom stereocenters. The van der Waals surface area contributed by atoms with Crippen molar-refractivity contribution in [3.63, 3.8) is 0 Å². The van der Waals surface area contributed by atoms with Crippen LogP contribution in [0.15, 0.2) is 0 Å². The zero-order valence-electron chi connectivity index (χ0n) is 10.6. The highest BCUT2D eigenvalue weighted by molar-refractivity contribution is 6.16. The van der Waals surface area contributed by atoms with Crippen LogP contribution in [0.3, 0.4) is 0 Å². The Morgan fingerprint density at radius 1 is 1.38 bits per heavy atom. The smallest absolute Gasteiger partial charge is 0.164 e. The predicted octanol–water partition coefficient (Wildman–Crippen LogP) is 2.55. The van der Waals surface area contributed by atoms with Gasteiger partial charge in [0, 0.05) is 13.7 Å². The van der Waals surface area contributed by atoms with E-state index in [1.54, 1.807) is 7.11 Å². The SMILES string of the molecule is COC(C)(C)c1nnc(CCl)n1CC(C)C. The lowest BCUT2D eigenvalue weighted by Crippen LogP contribution is -2.26. The first-order valence-electron chi connectivity index (χ1n) is 5.46. The van der Waals surface area contributed by atoms with Gasteiger partial charge in [-0.3, -0.25) is 0 Å². The number of nitrogens with zero attached hydrogens (tertiary/aromatic N) is 3. The average Bonchev–Trinajstić information content (AvgIpc) is 2.60. The normalized spacial score (nSPS) is 12.4. The number of rotatable bonds is 5. The molecule has 16 heavy (non-hydrogen) atoms. The third-order valence-corrected chi connectivity index (χ3v) is 2.78. The average molecular weight is 246 g/mol. The Bertz CT molecular complexity index is 347. The fourth-order valence-corrected chi connectivity index (χ4v) is 1.73. The van der Waals surface area contributed by atoms with Gasteiger partial charge in [-0.15, -0.1) is 21.8 Å². The van der Waals surface area contributed by atoms with E-state index in [0.717, 1.165) is 18.2 Å². The lowest BCUT2D eigenvalue weighted by atomic mass is 10.1. The van der Waals surface area contributed by atoms with Crippen molar-refractivity contribution in [1.29, 1.82) is 0 Å². The maximum atomic E-state index is 5.86. The molecule has 0 aliphatic carbocycles. The first kappa shape index (κ1) is 13.5. The minimum atomic E-state index is -0.438. The molecule has 0 fully saturated rings. The topological polar surface area (TPSA) is 39.9 Å². The standard InChI is InChI=1S/C11H20ClN3O/c1-8(2)7-15-9(6-12)13-14-10(15)11(3,4)16-5/h8H,6-7H2,1-5H3. The van der Waals surface area contributed by atoms with E-state index in [0.29, 0.717) is 11.8 Å². The van der Waals surface area contributed by atoms with Crippen molar-refractivity contribution in [3.05, 3.63) is 11.6 Å². The van der Waals surface area contributed by atoms with Gasteiger partial charge in [0.25, 0.3) is 0 Å². The molecule has 0 aliphatic rings. The van der Waals surface area contributed by atoms with Crippen LogP contribution in [0.5, 0.6) is 0 Å². The quantitative estimate of drug-likeness (QED) is 0.749. The molecule has 1 aromatic heterocycles. The highest BCUT2D eigenvalue weighted by Crippen LogP contribution is 2.24. The van der Waals surface area contributed by atoms with Gasteiger partial charge in [-0.1, -0.05) is 13.8 Å². The molecule has 0 amide bonds. The zero-order valence-corrected chi connectivity index (χ0v) is 11.4. The molecule has 5 heteroatoms.